The second kappa shape index (κ2) is 3.11. The Labute approximate surface area is 74.9 Å². The molecule has 4 heteroatoms. The van der Waals surface area contributed by atoms with E-state index in [0.29, 0.717) is 5.56 Å². The molecule has 0 N–H and O–H groups in total. The molecule has 0 saturated carbocycles. The third-order valence-electron chi connectivity index (χ3n) is 1.69. The number of hydrogen-bond donors (Lipinski definition) is 0. The summed E-state index contributed by atoms with van der Waals surface area (Å²) in [6, 6.07) is 1.63. The summed E-state index contributed by atoms with van der Waals surface area (Å²) in [5, 5.41) is -0.944. The van der Waals surface area contributed by atoms with E-state index in [0.717, 1.165) is 5.69 Å². The number of carbonyl (C=O) groups excluding carboxylic acids is 2. The van der Waals surface area contributed by atoms with Gasteiger partial charge < -0.3 is 4.57 Å². The molecule has 0 radical (unpaired) electrons. The van der Waals surface area contributed by atoms with E-state index in [9.17, 15) is 9.59 Å². The molecule has 0 saturated heterocycles. The summed E-state index contributed by atoms with van der Waals surface area (Å²) in [5.74, 6) is -0.652. The molecule has 3 nitrogen and oxygen atoms in total. The molecular formula is C8H8ClNO2. The number of ketones is 1. The summed E-state index contributed by atoms with van der Waals surface area (Å²) in [6.45, 7) is 1.84. The minimum Gasteiger partial charge on any atom is -0.354 e. The summed E-state index contributed by atoms with van der Waals surface area (Å²) in [6.07, 6.45) is 1.58. The van der Waals surface area contributed by atoms with Crippen LogP contribution in [0.2, 0.25) is 0 Å². The first-order chi connectivity index (χ1) is 5.52. The number of halogens is 1. The van der Waals surface area contributed by atoms with Gasteiger partial charge in [0.1, 0.15) is 0 Å². The number of aryl methyl sites for hydroxylation is 2. The smallest absolute Gasteiger partial charge is 0.293 e. The molecule has 0 aliphatic heterocycles. The maximum Gasteiger partial charge on any atom is 0.293 e. The minimum absolute atomic E-state index is 0.343. The van der Waals surface area contributed by atoms with Gasteiger partial charge in [-0.3, -0.25) is 9.59 Å². The van der Waals surface area contributed by atoms with Gasteiger partial charge in [0, 0.05) is 24.5 Å². The lowest BCUT2D eigenvalue weighted by molar-refractivity contribution is -0.108. The summed E-state index contributed by atoms with van der Waals surface area (Å²) < 4.78 is 1.76. The number of aromatic nitrogens is 1. The van der Waals surface area contributed by atoms with Crippen LogP contribution in [0, 0.1) is 6.92 Å². The van der Waals surface area contributed by atoms with Gasteiger partial charge in [0.15, 0.2) is 0 Å². The highest BCUT2D eigenvalue weighted by atomic mass is 35.5. The lowest BCUT2D eigenvalue weighted by Gasteiger charge is -1.90. The number of carbonyl (C=O) groups is 2. The summed E-state index contributed by atoms with van der Waals surface area (Å²) in [7, 11) is 1.80. The number of nitrogens with zero attached hydrogens (tertiary/aromatic N) is 1. The molecule has 0 aliphatic rings. The topological polar surface area (TPSA) is 39.1 Å². The van der Waals surface area contributed by atoms with Crippen molar-refractivity contribution in [2.24, 2.45) is 7.05 Å². The average Bonchev–Trinajstić information content (AvgIpc) is 2.30. The molecule has 1 rings (SSSR count). The van der Waals surface area contributed by atoms with Gasteiger partial charge in [-0.25, -0.2) is 0 Å². The Morgan fingerprint density at radius 2 is 2.08 bits per heavy atom. The second-order valence-corrected chi connectivity index (χ2v) is 2.93. The first-order valence-corrected chi connectivity index (χ1v) is 3.77. The van der Waals surface area contributed by atoms with Crippen molar-refractivity contribution in [1.82, 2.24) is 4.57 Å². The van der Waals surface area contributed by atoms with Gasteiger partial charge in [-0.1, -0.05) is 0 Å². The van der Waals surface area contributed by atoms with Crippen molar-refractivity contribution in [1.29, 1.82) is 0 Å². The number of rotatable bonds is 2. The standard InChI is InChI=1S/C8H8ClNO2/c1-5-3-6(4-10(5)2)7(11)8(9)12/h3-4H,1-2H3. The van der Waals surface area contributed by atoms with Crippen molar-refractivity contribution in [3.05, 3.63) is 23.5 Å². The predicted octanol–water partition coefficient (Wildman–Crippen LogP) is 1.28. The van der Waals surface area contributed by atoms with E-state index in [1.54, 1.807) is 23.9 Å². The molecular weight excluding hydrogens is 178 g/mol. The Morgan fingerprint density at radius 1 is 1.50 bits per heavy atom. The van der Waals surface area contributed by atoms with Gasteiger partial charge in [-0.05, 0) is 24.6 Å². The lowest BCUT2D eigenvalue weighted by atomic mass is 10.2. The number of Topliss-reactive ketones (excluding diaryl/α,β-unsaturated/α-hetero) is 1. The highest BCUT2D eigenvalue weighted by molar-refractivity contribution is 6.83. The van der Waals surface area contributed by atoms with Crippen molar-refractivity contribution < 1.29 is 9.59 Å². The fourth-order valence-corrected chi connectivity index (χ4v) is 1.02. The van der Waals surface area contributed by atoms with Crippen LogP contribution in [-0.4, -0.2) is 15.6 Å². The van der Waals surface area contributed by atoms with Crippen LogP contribution < -0.4 is 0 Å². The van der Waals surface area contributed by atoms with E-state index in [4.69, 9.17) is 11.6 Å². The molecule has 0 atom stereocenters. The quantitative estimate of drug-likeness (QED) is 0.396. The monoisotopic (exact) mass is 185 g/mol. The zero-order chi connectivity index (χ0) is 9.30. The first-order valence-electron chi connectivity index (χ1n) is 3.39. The lowest BCUT2D eigenvalue weighted by Crippen LogP contribution is -2.05. The van der Waals surface area contributed by atoms with Gasteiger partial charge in [0.05, 0.1) is 0 Å². The van der Waals surface area contributed by atoms with Gasteiger partial charge in [0.2, 0.25) is 5.78 Å². The van der Waals surface area contributed by atoms with E-state index in [-0.39, 0.29) is 0 Å². The zero-order valence-electron chi connectivity index (χ0n) is 6.80. The zero-order valence-corrected chi connectivity index (χ0v) is 7.55. The van der Waals surface area contributed by atoms with Crippen LogP contribution in [-0.2, 0) is 11.8 Å². The Kier molecular flexibility index (Phi) is 2.33. The second-order valence-electron chi connectivity index (χ2n) is 2.58. The molecule has 0 fully saturated rings. The molecule has 0 aromatic carbocycles. The largest absolute Gasteiger partial charge is 0.354 e. The average molecular weight is 186 g/mol. The van der Waals surface area contributed by atoms with Crippen molar-refractivity contribution in [3.63, 3.8) is 0 Å². The molecule has 0 spiro atoms. The van der Waals surface area contributed by atoms with Crippen LogP contribution in [0.1, 0.15) is 16.1 Å². The molecule has 0 unspecified atom stereocenters. The summed E-state index contributed by atoms with van der Waals surface area (Å²) in [4.78, 5) is 21.5. The fourth-order valence-electron chi connectivity index (χ4n) is 0.912. The maximum atomic E-state index is 11.0. The van der Waals surface area contributed by atoms with E-state index in [2.05, 4.69) is 0 Å². The Morgan fingerprint density at radius 3 is 2.42 bits per heavy atom. The van der Waals surface area contributed by atoms with Gasteiger partial charge >= 0.3 is 0 Å². The van der Waals surface area contributed by atoms with Gasteiger partial charge in [0.25, 0.3) is 5.24 Å². The Hall–Kier alpha value is -1.09. The molecule has 0 aliphatic carbocycles. The highest BCUT2D eigenvalue weighted by Gasteiger charge is 2.14. The number of hydrogen-bond acceptors (Lipinski definition) is 2. The Balaban J connectivity index is 3.05. The third-order valence-corrected chi connectivity index (χ3v) is 1.87. The highest BCUT2D eigenvalue weighted by Crippen LogP contribution is 2.07. The SMILES string of the molecule is Cc1cc(C(=O)C(=O)Cl)cn1C. The van der Waals surface area contributed by atoms with E-state index >= 15 is 0 Å². The maximum absolute atomic E-state index is 11.0. The summed E-state index contributed by atoms with van der Waals surface area (Å²) >= 11 is 5.03. The van der Waals surface area contributed by atoms with E-state index in [1.807, 2.05) is 6.92 Å². The van der Waals surface area contributed by atoms with Gasteiger partial charge in [-0.15, -0.1) is 0 Å². The summed E-state index contributed by atoms with van der Waals surface area (Å²) in [5.41, 5.74) is 1.26. The van der Waals surface area contributed by atoms with Crippen LogP contribution in [0.25, 0.3) is 0 Å². The van der Waals surface area contributed by atoms with Crippen molar-refractivity contribution in [3.8, 4) is 0 Å². The van der Waals surface area contributed by atoms with Crippen LogP contribution >= 0.6 is 11.6 Å². The predicted molar refractivity (Wildman–Crippen MR) is 45.3 cm³/mol. The minimum atomic E-state index is -0.944. The normalized spacial score (nSPS) is 9.92. The molecule has 1 aromatic rings. The fraction of sp³-hybridized carbons (Fsp3) is 0.250. The van der Waals surface area contributed by atoms with E-state index < -0.39 is 11.0 Å². The van der Waals surface area contributed by atoms with Crippen LogP contribution in [0.3, 0.4) is 0 Å². The molecule has 1 aromatic heterocycles. The van der Waals surface area contributed by atoms with Crippen LogP contribution in [0.4, 0.5) is 0 Å². The molecule has 0 amide bonds. The molecule has 12 heavy (non-hydrogen) atoms. The Bertz CT molecular complexity index is 321. The molecule has 1 heterocycles. The van der Waals surface area contributed by atoms with Crippen molar-refractivity contribution >= 4 is 22.6 Å². The van der Waals surface area contributed by atoms with Crippen LogP contribution in [0.15, 0.2) is 12.3 Å². The van der Waals surface area contributed by atoms with Crippen molar-refractivity contribution in [2.75, 3.05) is 0 Å². The molecule has 0 bridgehead atoms. The van der Waals surface area contributed by atoms with E-state index in [1.165, 1.54) is 0 Å². The molecule has 64 valence electrons. The third kappa shape index (κ3) is 1.56. The van der Waals surface area contributed by atoms with Crippen LogP contribution in [0.5, 0.6) is 0 Å². The van der Waals surface area contributed by atoms with Gasteiger partial charge in [-0.2, -0.15) is 0 Å². The first kappa shape index (κ1) is 9.00. The van der Waals surface area contributed by atoms with Crippen molar-refractivity contribution in [2.45, 2.75) is 6.92 Å².